The Morgan fingerprint density at radius 3 is 2.82 bits per heavy atom. The first-order valence-electron chi connectivity index (χ1n) is 3.70. The molecule has 1 aliphatic rings. The van der Waals surface area contributed by atoms with Crippen molar-refractivity contribution in [1.29, 1.82) is 0 Å². The van der Waals surface area contributed by atoms with Crippen molar-refractivity contribution in [2.24, 2.45) is 0 Å². The van der Waals surface area contributed by atoms with Crippen LogP contribution in [-0.2, 0) is 0 Å². The van der Waals surface area contributed by atoms with E-state index >= 15 is 0 Å². The minimum atomic E-state index is 0.543. The number of anilines is 2. The van der Waals surface area contributed by atoms with Gasteiger partial charge in [-0.15, -0.1) is 0 Å². The maximum atomic E-state index is 5.50. The first-order chi connectivity index (χ1) is 5.36. The van der Waals surface area contributed by atoms with Crippen LogP contribution in [0.2, 0.25) is 0 Å². The molecule has 1 aromatic rings. The molecule has 0 radical (unpaired) electrons. The second-order valence-corrected chi connectivity index (χ2v) is 2.62. The van der Waals surface area contributed by atoms with Crippen molar-refractivity contribution < 1.29 is 0 Å². The number of nitrogens with two attached hydrogens (primary N) is 1. The van der Waals surface area contributed by atoms with E-state index < -0.39 is 0 Å². The van der Waals surface area contributed by atoms with Crippen molar-refractivity contribution >= 4 is 11.8 Å². The molecule has 1 saturated heterocycles. The van der Waals surface area contributed by atoms with Crippen LogP contribution < -0.4 is 10.6 Å². The fourth-order valence-corrected chi connectivity index (χ4v) is 1.03. The molecule has 0 aliphatic carbocycles. The van der Waals surface area contributed by atoms with Gasteiger partial charge in [-0.05, 0) is 12.5 Å². The Hall–Kier alpha value is -1.32. The zero-order chi connectivity index (χ0) is 7.68. The van der Waals surface area contributed by atoms with E-state index in [1.165, 1.54) is 6.42 Å². The van der Waals surface area contributed by atoms with E-state index in [0.29, 0.717) is 5.82 Å². The Bertz CT molecular complexity index is 256. The van der Waals surface area contributed by atoms with E-state index in [1.54, 1.807) is 12.3 Å². The van der Waals surface area contributed by atoms with Crippen LogP contribution in [0.1, 0.15) is 6.42 Å². The standard InChI is InChI=1S/C7H10N4/c8-6-2-3-9-7(10-6)11-4-1-5-11/h2-3H,1,4-5H2,(H2,8,9,10). The lowest BCUT2D eigenvalue weighted by molar-refractivity contribution is 0.601. The van der Waals surface area contributed by atoms with Gasteiger partial charge < -0.3 is 10.6 Å². The molecule has 2 rings (SSSR count). The highest BCUT2D eigenvalue weighted by molar-refractivity contribution is 5.39. The Morgan fingerprint density at radius 1 is 1.45 bits per heavy atom. The average Bonchev–Trinajstić information content (AvgIpc) is 1.83. The lowest BCUT2D eigenvalue weighted by atomic mass is 10.2. The Morgan fingerprint density at radius 2 is 2.27 bits per heavy atom. The van der Waals surface area contributed by atoms with Gasteiger partial charge in [0.25, 0.3) is 0 Å². The van der Waals surface area contributed by atoms with Crippen LogP contribution >= 0.6 is 0 Å². The van der Waals surface area contributed by atoms with E-state index in [9.17, 15) is 0 Å². The topological polar surface area (TPSA) is 55.0 Å². The third-order valence-electron chi connectivity index (χ3n) is 1.80. The summed E-state index contributed by atoms with van der Waals surface area (Å²) in [6.45, 7) is 2.12. The molecule has 0 bridgehead atoms. The third kappa shape index (κ3) is 1.11. The number of nitrogen functional groups attached to an aromatic ring is 1. The largest absolute Gasteiger partial charge is 0.384 e. The monoisotopic (exact) mass is 150 g/mol. The number of rotatable bonds is 1. The van der Waals surface area contributed by atoms with Gasteiger partial charge in [0.1, 0.15) is 5.82 Å². The zero-order valence-electron chi connectivity index (χ0n) is 6.20. The second-order valence-electron chi connectivity index (χ2n) is 2.62. The van der Waals surface area contributed by atoms with E-state index in [-0.39, 0.29) is 0 Å². The van der Waals surface area contributed by atoms with Crippen molar-refractivity contribution in [1.82, 2.24) is 9.97 Å². The van der Waals surface area contributed by atoms with Gasteiger partial charge in [0.15, 0.2) is 0 Å². The molecular formula is C7H10N4. The minimum absolute atomic E-state index is 0.543. The predicted molar refractivity (Wildman–Crippen MR) is 43.3 cm³/mol. The zero-order valence-corrected chi connectivity index (χ0v) is 6.20. The van der Waals surface area contributed by atoms with E-state index in [0.717, 1.165) is 19.0 Å². The lowest BCUT2D eigenvalue weighted by Gasteiger charge is -2.30. The molecule has 1 aliphatic heterocycles. The summed E-state index contributed by atoms with van der Waals surface area (Å²) in [7, 11) is 0. The molecule has 0 saturated carbocycles. The molecule has 11 heavy (non-hydrogen) atoms. The van der Waals surface area contributed by atoms with E-state index in [2.05, 4.69) is 14.9 Å². The second kappa shape index (κ2) is 2.38. The van der Waals surface area contributed by atoms with Crippen molar-refractivity contribution in [3.63, 3.8) is 0 Å². The van der Waals surface area contributed by atoms with Crippen LogP contribution in [0.25, 0.3) is 0 Å². The number of nitrogens with zero attached hydrogens (tertiary/aromatic N) is 3. The molecule has 4 nitrogen and oxygen atoms in total. The Balaban J connectivity index is 2.23. The molecule has 0 atom stereocenters. The molecule has 0 aromatic carbocycles. The van der Waals surface area contributed by atoms with Crippen LogP contribution in [0.15, 0.2) is 12.3 Å². The van der Waals surface area contributed by atoms with Gasteiger partial charge in [0.05, 0.1) is 0 Å². The molecule has 1 aromatic heterocycles. The molecule has 4 heteroatoms. The van der Waals surface area contributed by atoms with Gasteiger partial charge >= 0.3 is 0 Å². The minimum Gasteiger partial charge on any atom is -0.384 e. The highest BCUT2D eigenvalue weighted by Gasteiger charge is 2.16. The van der Waals surface area contributed by atoms with Crippen molar-refractivity contribution in [3.8, 4) is 0 Å². The quantitative estimate of drug-likeness (QED) is 0.624. The molecule has 58 valence electrons. The summed E-state index contributed by atoms with van der Waals surface area (Å²) in [5, 5.41) is 0. The summed E-state index contributed by atoms with van der Waals surface area (Å²) in [6, 6.07) is 1.70. The molecule has 0 spiro atoms. The molecular weight excluding hydrogens is 140 g/mol. The van der Waals surface area contributed by atoms with Crippen LogP contribution in [0.3, 0.4) is 0 Å². The maximum absolute atomic E-state index is 5.50. The molecule has 2 N–H and O–H groups in total. The van der Waals surface area contributed by atoms with E-state index in [4.69, 9.17) is 5.73 Å². The first-order valence-corrected chi connectivity index (χ1v) is 3.70. The van der Waals surface area contributed by atoms with E-state index in [1.807, 2.05) is 0 Å². The van der Waals surface area contributed by atoms with Gasteiger partial charge in [0, 0.05) is 19.3 Å². The molecule has 0 amide bonds. The molecule has 0 unspecified atom stereocenters. The number of aromatic nitrogens is 2. The van der Waals surface area contributed by atoms with Gasteiger partial charge in [-0.3, -0.25) is 0 Å². The normalized spacial score (nSPS) is 16.2. The summed E-state index contributed by atoms with van der Waals surface area (Å²) in [4.78, 5) is 10.3. The van der Waals surface area contributed by atoms with Crippen molar-refractivity contribution in [2.45, 2.75) is 6.42 Å². The summed E-state index contributed by atoms with van der Waals surface area (Å²) in [6.07, 6.45) is 2.92. The van der Waals surface area contributed by atoms with Crippen LogP contribution in [-0.4, -0.2) is 23.1 Å². The SMILES string of the molecule is Nc1ccnc(N2CCC2)n1. The van der Waals surface area contributed by atoms with Crippen molar-refractivity contribution in [2.75, 3.05) is 23.7 Å². The van der Waals surface area contributed by atoms with Gasteiger partial charge in [-0.2, -0.15) is 4.98 Å². The first kappa shape index (κ1) is 6.39. The van der Waals surface area contributed by atoms with Gasteiger partial charge in [0.2, 0.25) is 5.95 Å². The van der Waals surface area contributed by atoms with Crippen LogP contribution in [0.5, 0.6) is 0 Å². The van der Waals surface area contributed by atoms with Crippen LogP contribution in [0, 0.1) is 0 Å². The summed E-state index contributed by atoms with van der Waals surface area (Å²) < 4.78 is 0. The summed E-state index contributed by atoms with van der Waals surface area (Å²) >= 11 is 0. The average molecular weight is 150 g/mol. The van der Waals surface area contributed by atoms with Crippen LogP contribution in [0.4, 0.5) is 11.8 Å². The highest BCUT2D eigenvalue weighted by atomic mass is 15.3. The number of hydrogen-bond donors (Lipinski definition) is 1. The smallest absolute Gasteiger partial charge is 0.227 e. The Kier molecular flexibility index (Phi) is 1.38. The molecule has 2 heterocycles. The molecule has 1 fully saturated rings. The van der Waals surface area contributed by atoms with Gasteiger partial charge in [-0.1, -0.05) is 0 Å². The highest BCUT2D eigenvalue weighted by Crippen LogP contribution is 2.15. The number of hydrogen-bond acceptors (Lipinski definition) is 4. The maximum Gasteiger partial charge on any atom is 0.227 e. The fourth-order valence-electron chi connectivity index (χ4n) is 1.03. The summed E-state index contributed by atoms with van der Waals surface area (Å²) in [5.74, 6) is 1.30. The third-order valence-corrected chi connectivity index (χ3v) is 1.80. The Labute approximate surface area is 65.1 Å². The van der Waals surface area contributed by atoms with Gasteiger partial charge in [-0.25, -0.2) is 4.98 Å². The fraction of sp³-hybridized carbons (Fsp3) is 0.429. The predicted octanol–water partition coefficient (Wildman–Crippen LogP) is 0.269. The van der Waals surface area contributed by atoms with Crippen molar-refractivity contribution in [3.05, 3.63) is 12.3 Å². The lowest BCUT2D eigenvalue weighted by Crippen LogP contribution is -2.38. The summed E-state index contributed by atoms with van der Waals surface area (Å²) in [5.41, 5.74) is 5.50.